The normalized spacial score (nSPS) is 18.3. The summed E-state index contributed by atoms with van der Waals surface area (Å²) in [4.78, 5) is 42.7. The van der Waals surface area contributed by atoms with Crippen molar-refractivity contribution in [3.8, 4) is 0 Å². The molecule has 0 N–H and O–H groups in total. The molecule has 3 amide bonds. The van der Waals surface area contributed by atoms with Crippen molar-refractivity contribution in [1.29, 1.82) is 0 Å². The number of alkyl halides is 3. The molecule has 0 spiro atoms. The van der Waals surface area contributed by atoms with Crippen LogP contribution < -0.4 is 4.90 Å². The smallest absolute Gasteiger partial charge is 0.368 e. The molecule has 5 rings (SSSR count). The third kappa shape index (κ3) is 4.49. The van der Waals surface area contributed by atoms with Gasteiger partial charge < -0.3 is 9.80 Å². The van der Waals surface area contributed by atoms with E-state index in [1.165, 1.54) is 9.80 Å². The van der Waals surface area contributed by atoms with Crippen LogP contribution in [-0.2, 0) is 6.18 Å². The van der Waals surface area contributed by atoms with Crippen LogP contribution in [0, 0.1) is 11.7 Å². The molecule has 1 saturated heterocycles. The molecule has 10 heteroatoms. The van der Waals surface area contributed by atoms with E-state index in [1.54, 1.807) is 18.2 Å². The summed E-state index contributed by atoms with van der Waals surface area (Å²) in [7, 11) is 0. The van der Waals surface area contributed by atoms with E-state index >= 15 is 0 Å². The fourth-order valence-electron chi connectivity index (χ4n) is 4.68. The Bertz CT molecular complexity index is 1200. The van der Waals surface area contributed by atoms with E-state index in [2.05, 4.69) is 0 Å². The van der Waals surface area contributed by atoms with Crippen LogP contribution in [0.4, 0.5) is 23.2 Å². The van der Waals surface area contributed by atoms with Gasteiger partial charge in [0.25, 0.3) is 17.7 Å². The van der Waals surface area contributed by atoms with Gasteiger partial charge in [0.15, 0.2) is 0 Å². The molecular formula is C25H23F4N3O3. The van der Waals surface area contributed by atoms with Gasteiger partial charge in [-0.1, -0.05) is 12.8 Å². The second-order valence-corrected chi connectivity index (χ2v) is 9.19. The number of benzene rings is 2. The molecule has 2 aromatic rings. The molecule has 2 heterocycles. The average Bonchev–Trinajstić information content (AvgIpc) is 3.63. The number of carbonyl (C=O) groups excluding carboxylic acids is 3. The topological polar surface area (TPSA) is 60.9 Å². The minimum Gasteiger partial charge on any atom is -0.368 e. The lowest BCUT2D eigenvalue weighted by molar-refractivity contribution is -0.138. The Morgan fingerprint density at radius 1 is 0.914 bits per heavy atom. The van der Waals surface area contributed by atoms with Crippen molar-refractivity contribution < 1.29 is 31.9 Å². The van der Waals surface area contributed by atoms with E-state index in [1.807, 2.05) is 4.90 Å². The molecular weight excluding hydrogens is 466 g/mol. The van der Waals surface area contributed by atoms with E-state index in [-0.39, 0.29) is 24.9 Å². The van der Waals surface area contributed by atoms with Crippen molar-refractivity contribution in [2.24, 2.45) is 5.92 Å². The average molecular weight is 489 g/mol. The van der Waals surface area contributed by atoms with Crippen LogP contribution in [-0.4, -0.2) is 60.2 Å². The lowest BCUT2D eigenvalue weighted by Crippen LogP contribution is -2.49. The van der Waals surface area contributed by atoms with Crippen molar-refractivity contribution in [2.75, 3.05) is 37.6 Å². The number of anilines is 1. The zero-order chi connectivity index (χ0) is 24.9. The summed E-state index contributed by atoms with van der Waals surface area (Å²) in [6.45, 7) is 1.30. The Morgan fingerprint density at radius 2 is 1.60 bits per heavy atom. The third-order valence-electron chi connectivity index (χ3n) is 6.86. The van der Waals surface area contributed by atoms with Crippen molar-refractivity contribution >= 4 is 23.4 Å². The van der Waals surface area contributed by atoms with E-state index in [4.69, 9.17) is 0 Å². The summed E-state index contributed by atoms with van der Waals surface area (Å²) in [5, 5.41) is 0. The first-order chi connectivity index (χ1) is 16.6. The van der Waals surface area contributed by atoms with Crippen LogP contribution >= 0.6 is 0 Å². The molecule has 0 bridgehead atoms. The molecule has 1 aliphatic carbocycles. The standard InChI is InChI=1S/C25H23F4N3O3/c26-16-3-6-21(25(27,28)29)20(13-16)22(33)31-11-9-30(10-12-31)17-4-5-18-19(14-17)24(35)32(23(18)34)8-7-15-1-2-15/h3-6,13-15H,1-2,7-12H2. The van der Waals surface area contributed by atoms with Gasteiger partial charge in [0.1, 0.15) is 5.82 Å². The van der Waals surface area contributed by atoms with Gasteiger partial charge in [-0.2, -0.15) is 13.2 Å². The lowest BCUT2D eigenvalue weighted by Gasteiger charge is -2.36. The third-order valence-corrected chi connectivity index (χ3v) is 6.86. The van der Waals surface area contributed by atoms with Crippen molar-refractivity contribution in [3.63, 3.8) is 0 Å². The molecule has 6 nitrogen and oxygen atoms in total. The maximum atomic E-state index is 13.6. The molecule has 0 radical (unpaired) electrons. The number of hydrogen-bond donors (Lipinski definition) is 0. The molecule has 1 saturated carbocycles. The predicted molar refractivity (Wildman–Crippen MR) is 119 cm³/mol. The van der Waals surface area contributed by atoms with Gasteiger partial charge in [0.2, 0.25) is 0 Å². The zero-order valence-electron chi connectivity index (χ0n) is 18.8. The van der Waals surface area contributed by atoms with Gasteiger partial charge in [-0.05, 0) is 48.7 Å². The van der Waals surface area contributed by atoms with Crippen LogP contribution in [0.3, 0.4) is 0 Å². The van der Waals surface area contributed by atoms with E-state index in [0.29, 0.717) is 60.6 Å². The van der Waals surface area contributed by atoms with Gasteiger partial charge in [0.05, 0.1) is 22.3 Å². The molecule has 184 valence electrons. The van der Waals surface area contributed by atoms with Gasteiger partial charge >= 0.3 is 6.18 Å². The molecule has 3 aliphatic rings. The quantitative estimate of drug-likeness (QED) is 0.467. The number of hydrogen-bond acceptors (Lipinski definition) is 4. The first kappa shape index (κ1) is 23.3. The summed E-state index contributed by atoms with van der Waals surface area (Å²) in [5.41, 5.74) is -0.466. The maximum absolute atomic E-state index is 13.6. The Labute approximate surface area is 199 Å². The second kappa shape index (κ2) is 8.66. The van der Waals surface area contributed by atoms with Crippen LogP contribution in [0.15, 0.2) is 36.4 Å². The molecule has 0 atom stereocenters. The van der Waals surface area contributed by atoms with Gasteiger partial charge in [-0.25, -0.2) is 4.39 Å². The molecule has 0 unspecified atom stereocenters. The minimum absolute atomic E-state index is 0.129. The highest BCUT2D eigenvalue weighted by Gasteiger charge is 2.38. The minimum atomic E-state index is -4.78. The summed E-state index contributed by atoms with van der Waals surface area (Å²) < 4.78 is 53.6. The summed E-state index contributed by atoms with van der Waals surface area (Å²) in [6, 6.07) is 6.91. The Kier molecular flexibility index (Phi) is 5.77. The highest BCUT2D eigenvalue weighted by atomic mass is 19.4. The van der Waals surface area contributed by atoms with E-state index in [0.717, 1.165) is 19.3 Å². The Balaban J connectivity index is 1.27. The maximum Gasteiger partial charge on any atom is 0.417 e. The van der Waals surface area contributed by atoms with Crippen molar-refractivity contribution in [2.45, 2.75) is 25.4 Å². The fraction of sp³-hybridized carbons (Fsp3) is 0.400. The van der Waals surface area contributed by atoms with Crippen molar-refractivity contribution in [1.82, 2.24) is 9.80 Å². The monoisotopic (exact) mass is 489 g/mol. The highest BCUT2D eigenvalue weighted by molar-refractivity contribution is 6.21. The van der Waals surface area contributed by atoms with Gasteiger partial charge in [-0.15, -0.1) is 0 Å². The van der Waals surface area contributed by atoms with E-state index in [9.17, 15) is 31.9 Å². The summed E-state index contributed by atoms with van der Waals surface area (Å²) in [6.07, 6.45) is -1.69. The summed E-state index contributed by atoms with van der Waals surface area (Å²) in [5.74, 6) is -1.80. The first-order valence-electron chi connectivity index (χ1n) is 11.5. The predicted octanol–water partition coefficient (Wildman–Crippen LogP) is 4.20. The number of amides is 3. The van der Waals surface area contributed by atoms with Gasteiger partial charge in [-0.3, -0.25) is 19.3 Å². The van der Waals surface area contributed by atoms with Gasteiger partial charge in [0, 0.05) is 38.4 Å². The zero-order valence-corrected chi connectivity index (χ0v) is 18.8. The number of imide groups is 1. The molecule has 2 aliphatic heterocycles. The second-order valence-electron chi connectivity index (χ2n) is 9.19. The number of piperazine rings is 1. The fourth-order valence-corrected chi connectivity index (χ4v) is 4.68. The van der Waals surface area contributed by atoms with Crippen LogP contribution in [0.1, 0.15) is 55.9 Å². The molecule has 2 aromatic carbocycles. The van der Waals surface area contributed by atoms with Crippen LogP contribution in [0.2, 0.25) is 0 Å². The van der Waals surface area contributed by atoms with Crippen LogP contribution in [0.5, 0.6) is 0 Å². The molecule has 35 heavy (non-hydrogen) atoms. The number of carbonyl (C=O) groups is 3. The van der Waals surface area contributed by atoms with Crippen LogP contribution in [0.25, 0.3) is 0 Å². The number of rotatable bonds is 5. The van der Waals surface area contributed by atoms with Crippen molar-refractivity contribution in [3.05, 3.63) is 64.5 Å². The number of halogens is 4. The SMILES string of the molecule is O=C(c1cc(F)ccc1C(F)(F)F)N1CCN(c2ccc3c(c2)C(=O)N(CCC2CC2)C3=O)CC1. The number of nitrogens with zero attached hydrogens (tertiary/aromatic N) is 3. The molecule has 0 aromatic heterocycles. The Morgan fingerprint density at radius 3 is 2.26 bits per heavy atom. The first-order valence-corrected chi connectivity index (χ1v) is 11.5. The Hall–Kier alpha value is -3.43. The summed E-state index contributed by atoms with van der Waals surface area (Å²) >= 11 is 0. The number of fused-ring (bicyclic) bond motifs is 1. The highest BCUT2D eigenvalue weighted by Crippen LogP contribution is 2.35. The van der Waals surface area contributed by atoms with E-state index < -0.39 is 29.0 Å². The lowest BCUT2D eigenvalue weighted by atomic mass is 10.0. The molecule has 2 fully saturated rings. The largest absolute Gasteiger partial charge is 0.417 e.